The SMILES string of the molecule is CC(C)(C)c1ccccc1OCC(=O)N1CC(O)C1. The topological polar surface area (TPSA) is 49.8 Å². The fourth-order valence-electron chi connectivity index (χ4n) is 2.10. The van der Waals surface area contributed by atoms with Gasteiger partial charge in [0, 0.05) is 13.1 Å². The van der Waals surface area contributed by atoms with Crippen LogP contribution in [0.25, 0.3) is 0 Å². The summed E-state index contributed by atoms with van der Waals surface area (Å²) in [6.45, 7) is 7.21. The Labute approximate surface area is 114 Å². The van der Waals surface area contributed by atoms with E-state index in [2.05, 4.69) is 20.8 Å². The van der Waals surface area contributed by atoms with Crippen molar-refractivity contribution in [1.29, 1.82) is 0 Å². The molecule has 0 atom stereocenters. The summed E-state index contributed by atoms with van der Waals surface area (Å²) in [6.07, 6.45) is -0.370. The molecule has 2 rings (SSSR count). The van der Waals surface area contributed by atoms with E-state index in [1.807, 2.05) is 24.3 Å². The van der Waals surface area contributed by atoms with Crippen molar-refractivity contribution in [2.24, 2.45) is 0 Å². The van der Waals surface area contributed by atoms with E-state index in [4.69, 9.17) is 9.84 Å². The number of likely N-dealkylation sites (tertiary alicyclic amines) is 1. The molecule has 0 radical (unpaired) electrons. The molecule has 0 spiro atoms. The molecule has 0 bridgehead atoms. The summed E-state index contributed by atoms with van der Waals surface area (Å²) in [6, 6.07) is 7.79. The molecule has 4 nitrogen and oxygen atoms in total. The first kappa shape index (κ1) is 13.9. The van der Waals surface area contributed by atoms with Crippen LogP contribution in [0, 0.1) is 0 Å². The van der Waals surface area contributed by atoms with Crippen molar-refractivity contribution in [1.82, 2.24) is 4.90 Å². The Morgan fingerprint density at radius 2 is 2.00 bits per heavy atom. The summed E-state index contributed by atoms with van der Waals surface area (Å²) in [5, 5.41) is 9.17. The Balaban J connectivity index is 1.98. The van der Waals surface area contributed by atoms with Gasteiger partial charge in [0.05, 0.1) is 6.10 Å². The lowest BCUT2D eigenvalue weighted by atomic mass is 9.86. The van der Waals surface area contributed by atoms with Gasteiger partial charge in [-0.1, -0.05) is 39.0 Å². The summed E-state index contributed by atoms with van der Waals surface area (Å²) in [5.74, 6) is 0.679. The third-order valence-electron chi connectivity index (χ3n) is 3.26. The van der Waals surface area contributed by atoms with Crippen molar-refractivity contribution < 1.29 is 14.6 Å². The van der Waals surface area contributed by atoms with E-state index in [0.717, 1.165) is 11.3 Å². The third kappa shape index (κ3) is 3.26. The van der Waals surface area contributed by atoms with E-state index in [1.165, 1.54) is 0 Å². The molecule has 1 fully saturated rings. The van der Waals surface area contributed by atoms with Gasteiger partial charge in [0.2, 0.25) is 0 Å². The molecular weight excluding hydrogens is 242 g/mol. The van der Waals surface area contributed by atoms with E-state index in [9.17, 15) is 4.79 Å². The van der Waals surface area contributed by atoms with Crippen molar-refractivity contribution in [2.75, 3.05) is 19.7 Å². The Kier molecular flexibility index (Phi) is 3.80. The highest BCUT2D eigenvalue weighted by atomic mass is 16.5. The first-order valence-corrected chi connectivity index (χ1v) is 6.56. The van der Waals surface area contributed by atoms with Crippen LogP contribution in [0.5, 0.6) is 5.75 Å². The minimum Gasteiger partial charge on any atom is -0.483 e. The van der Waals surface area contributed by atoms with Gasteiger partial charge >= 0.3 is 0 Å². The second-order valence-corrected chi connectivity index (χ2v) is 5.99. The number of para-hydroxylation sites is 1. The molecule has 0 unspecified atom stereocenters. The van der Waals surface area contributed by atoms with Crippen LogP contribution in [0.2, 0.25) is 0 Å². The number of amides is 1. The lowest BCUT2D eigenvalue weighted by Crippen LogP contribution is -2.54. The van der Waals surface area contributed by atoms with Crippen LogP contribution in [0.1, 0.15) is 26.3 Å². The van der Waals surface area contributed by atoms with Crippen LogP contribution in [-0.2, 0) is 10.2 Å². The first-order valence-electron chi connectivity index (χ1n) is 6.56. The fraction of sp³-hybridized carbons (Fsp3) is 0.533. The van der Waals surface area contributed by atoms with E-state index >= 15 is 0 Å². The molecule has 1 aliphatic heterocycles. The number of aliphatic hydroxyl groups is 1. The Morgan fingerprint density at radius 1 is 1.37 bits per heavy atom. The number of rotatable bonds is 3. The summed E-state index contributed by atoms with van der Waals surface area (Å²) >= 11 is 0. The zero-order valence-electron chi connectivity index (χ0n) is 11.7. The summed E-state index contributed by atoms with van der Waals surface area (Å²) in [4.78, 5) is 13.4. The second-order valence-electron chi connectivity index (χ2n) is 5.99. The fourth-order valence-corrected chi connectivity index (χ4v) is 2.10. The number of carbonyl (C=O) groups is 1. The van der Waals surface area contributed by atoms with Crippen LogP contribution in [0.3, 0.4) is 0 Å². The largest absolute Gasteiger partial charge is 0.483 e. The number of aliphatic hydroxyl groups excluding tert-OH is 1. The predicted octanol–water partition coefficient (Wildman–Crippen LogP) is 1.57. The maximum absolute atomic E-state index is 11.8. The number of β-amino-alcohol motifs (C(OH)–C–C–N with tert-alkyl or cyclic N) is 1. The van der Waals surface area contributed by atoms with E-state index < -0.39 is 0 Å². The van der Waals surface area contributed by atoms with Crippen molar-refractivity contribution in [3.63, 3.8) is 0 Å². The third-order valence-corrected chi connectivity index (χ3v) is 3.26. The van der Waals surface area contributed by atoms with Crippen LogP contribution in [0.15, 0.2) is 24.3 Å². The standard InChI is InChI=1S/C15H21NO3/c1-15(2,3)12-6-4-5-7-13(12)19-10-14(18)16-8-11(17)9-16/h4-7,11,17H,8-10H2,1-3H3. The van der Waals surface area contributed by atoms with Gasteiger partial charge in [-0.2, -0.15) is 0 Å². The summed E-state index contributed by atoms with van der Waals surface area (Å²) < 4.78 is 5.64. The van der Waals surface area contributed by atoms with Gasteiger partial charge < -0.3 is 14.7 Å². The number of ether oxygens (including phenoxy) is 1. The zero-order chi connectivity index (χ0) is 14.0. The van der Waals surface area contributed by atoms with E-state index in [1.54, 1.807) is 4.90 Å². The number of carbonyl (C=O) groups excluding carboxylic acids is 1. The highest BCUT2D eigenvalue weighted by Crippen LogP contribution is 2.30. The highest BCUT2D eigenvalue weighted by molar-refractivity contribution is 5.78. The van der Waals surface area contributed by atoms with Gasteiger partial charge in [-0.3, -0.25) is 4.79 Å². The van der Waals surface area contributed by atoms with Crippen molar-refractivity contribution >= 4 is 5.91 Å². The maximum Gasteiger partial charge on any atom is 0.260 e. The second kappa shape index (κ2) is 5.21. The first-order chi connectivity index (χ1) is 8.88. The molecule has 1 aromatic rings. The Hall–Kier alpha value is -1.55. The lowest BCUT2D eigenvalue weighted by molar-refractivity contribution is -0.143. The molecule has 4 heteroatoms. The molecule has 1 amide bonds. The van der Waals surface area contributed by atoms with Crippen LogP contribution in [0.4, 0.5) is 0 Å². The predicted molar refractivity (Wildman–Crippen MR) is 73.2 cm³/mol. The van der Waals surface area contributed by atoms with Crippen molar-refractivity contribution in [2.45, 2.75) is 32.3 Å². The molecule has 104 valence electrons. The van der Waals surface area contributed by atoms with Gasteiger partial charge in [-0.25, -0.2) is 0 Å². The molecule has 0 aliphatic carbocycles. The number of benzene rings is 1. The normalized spacial score (nSPS) is 16.1. The molecule has 1 aliphatic rings. The highest BCUT2D eigenvalue weighted by Gasteiger charge is 2.29. The van der Waals surface area contributed by atoms with Gasteiger partial charge in [0.1, 0.15) is 5.75 Å². The summed E-state index contributed by atoms with van der Waals surface area (Å²) in [7, 11) is 0. The Bertz CT molecular complexity index is 459. The molecule has 1 aromatic carbocycles. The molecular formula is C15H21NO3. The molecule has 0 saturated carbocycles. The molecule has 19 heavy (non-hydrogen) atoms. The summed E-state index contributed by atoms with van der Waals surface area (Å²) in [5.41, 5.74) is 1.07. The van der Waals surface area contributed by atoms with Crippen molar-refractivity contribution in [3.05, 3.63) is 29.8 Å². The zero-order valence-corrected chi connectivity index (χ0v) is 11.7. The average Bonchev–Trinajstić information content (AvgIpc) is 2.31. The smallest absolute Gasteiger partial charge is 0.260 e. The molecule has 1 N–H and O–H groups in total. The monoisotopic (exact) mass is 263 g/mol. The lowest BCUT2D eigenvalue weighted by Gasteiger charge is -2.35. The Morgan fingerprint density at radius 3 is 2.58 bits per heavy atom. The average molecular weight is 263 g/mol. The van der Waals surface area contributed by atoms with Crippen LogP contribution in [-0.4, -0.2) is 41.7 Å². The van der Waals surface area contributed by atoms with Gasteiger partial charge in [0.25, 0.3) is 5.91 Å². The number of hydrogen-bond donors (Lipinski definition) is 1. The number of hydrogen-bond acceptors (Lipinski definition) is 3. The maximum atomic E-state index is 11.8. The van der Waals surface area contributed by atoms with E-state index in [0.29, 0.717) is 13.1 Å². The minimum absolute atomic E-state index is 0.0212. The molecule has 1 heterocycles. The minimum atomic E-state index is -0.370. The van der Waals surface area contributed by atoms with E-state index in [-0.39, 0.29) is 24.0 Å². The van der Waals surface area contributed by atoms with Crippen molar-refractivity contribution in [3.8, 4) is 5.75 Å². The molecule has 0 aromatic heterocycles. The van der Waals surface area contributed by atoms with Gasteiger partial charge in [-0.05, 0) is 17.0 Å². The van der Waals surface area contributed by atoms with Gasteiger partial charge in [0.15, 0.2) is 6.61 Å². The number of nitrogens with zero attached hydrogens (tertiary/aromatic N) is 1. The quantitative estimate of drug-likeness (QED) is 0.900. The van der Waals surface area contributed by atoms with Gasteiger partial charge in [-0.15, -0.1) is 0 Å². The van der Waals surface area contributed by atoms with Crippen LogP contribution >= 0.6 is 0 Å². The van der Waals surface area contributed by atoms with Crippen LogP contribution < -0.4 is 4.74 Å². The molecule has 1 saturated heterocycles.